The summed E-state index contributed by atoms with van der Waals surface area (Å²) in [6.07, 6.45) is 0. The first-order valence-electron chi connectivity index (χ1n) is 7.95. The van der Waals surface area contributed by atoms with Crippen molar-refractivity contribution in [3.8, 4) is 16.9 Å². The van der Waals surface area contributed by atoms with E-state index in [9.17, 15) is 9.59 Å². The summed E-state index contributed by atoms with van der Waals surface area (Å²) in [6.45, 7) is 3.27. The molecule has 0 N–H and O–H groups in total. The number of halogens is 1. The Labute approximate surface area is 155 Å². The number of hydrogen-bond acceptors (Lipinski definition) is 5. The zero-order chi connectivity index (χ0) is 18.8. The second kappa shape index (κ2) is 7.22. The zero-order valence-electron chi connectivity index (χ0n) is 14.6. The number of benzene rings is 2. The van der Waals surface area contributed by atoms with Crippen molar-refractivity contribution in [1.29, 1.82) is 0 Å². The lowest BCUT2D eigenvalue weighted by Crippen LogP contribution is -2.13. The van der Waals surface area contributed by atoms with Crippen molar-refractivity contribution in [3.05, 3.63) is 63.0 Å². The maximum atomic E-state index is 13.0. The summed E-state index contributed by atoms with van der Waals surface area (Å²) < 4.78 is 15.9. The molecule has 0 aliphatic carbocycles. The van der Waals surface area contributed by atoms with Gasteiger partial charge in [0.15, 0.2) is 6.61 Å². The number of fused-ring (bicyclic) bond motifs is 1. The van der Waals surface area contributed by atoms with Gasteiger partial charge < -0.3 is 13.9 Å². The summed E-state index contributed by atoms with van der Waals surface area (Å²) in [5.74, 6) is 0.427. The molecule has 5 nitrogen and oxygen atoms in total. The maximum Gasteiger partial charge on any atom is 0.343 e. The highest BCUT2D eigenvalue weighted by Crippen LogP contribution is 2.32. The minimum Gasteiger partial charge on any atom is -0.481 e. The molecule has 26 heavy (non-hydrogen) atoms. The molecule has 0 unspecified atom stereocenters. The van der Waals surface area contributed by atoms with E-state index in [0.29, 0.717) is 44.2 Å². The van der Waals surface area contributed by atoms with Gasteiger partial charge in [0.2, 0.25) is 5.43 Å². The van der Waals surface area contributed by atoms with E-state index in [1.807, 2.05) is 6.07 Å². The van der Waals surface area contributed by atoms with Crippen LogP contribution in [0.15, 0.2) is 45.6 Å². The topological polar surface area (TPSA) is 65.7 Å². The predicted molar refractivity (Wildman–Crippen MR) is 99.9 cm³/mol. The Morgan fingerprint density at radius 1 is 1.15 bits per heavy atom. The summed E-state index contributed by atoms with van der Waals surface area (Å²) in [4.78, 5) is 24.3. The van der Waals surface area contributed by atoms with Crippen molar-refractivity contribution < 1.29 is 18.7 Å². The third-order valence-corrected chi connectivity index (χ3v) is 4.48. The average Bonchev–Trinajstić information content (AvgIpc) is 2.63. The second-order valence-corrected chi connectivity index (χ2v) is 6.18. The van der Waals surface area contributed by atoms with E-state index < -0.39 is 5.97 Å². The van der Waals surface area contributed by atoms with Crippen LogP contribution in [0.3, 0.4) is 0 Å². The molecule has 3 rings (SSSR count). The van der Waals surface area contributed by atoms with Crippen LogP contribution in [0.2, 0.25) is 5.02 Å². The first kappa shape index (κ1) is 18.0. The minimum absolute atomic E-state index is 0.167. The molecule has 0 amide bonds. The number of esters is 1. The lowest BCUT2D eigenvalue weighted by atomic mass is 10.0. The van der Waals surface area contributed by atoms with E-state index in [2.05, 4.69) is 4.74 Å². The van der Waals surface area contributed by atoms with Crippen molar-refractivity contribution in [2.45, 2.75) is 13.8 Å². The molecule has 0 atom stereocenters. The predicted octanol–water partition coefficient (Wildman–Crippen LogP) is 4.28. The van der Waals surface area contributed by atoms with Crippen molar-refractivity contribution in [3.63, 3.8) is 0 Å². The first-order valence-corrected chi connectivity index (χ1v) is 8.33. The summed E-state index contributed by atoms with van der Waals surface area (Å²) >= 11 is 6.25. The van der Waals surface area contributed by atoms with E-state index >= 15 is 0 Å². The number of carbonyl (C=O) groups is 1. The fraction of sp³-hybridized carbons (Fsp3) is 0.200. The molecule has 0 aliphatic heterocycles. The van der Waals surface area contributed by atoms with Gasteiger partial charge in [-0.25, -0.2) is 4.79 Å². The largest absolute Gasteiger partial charge is 0.481 e. The van der Waals surface area contributed by atoms with Crippen LogP contribution in [0.1, 0.15) is 11.3 Å². The van der Waals surface area contributed by atoms with Crippen LogP contribution >= 0.6 is 11.6 Å². The van der Waals surface area contributed by atoms with Crippen molar-refractivity contribution in [2.24, 2.45) is 0 Å². The monoisotopic (exact) mass is 372 g/mol. The number of ether oxygens (including phenoxy) is 2. The Kier molecular flexibility index (Phi) is 5.00. The molecule has 1 heterocycles. The van der Waals surface area contributed by atoms with E-state index in [4.69, 9.17) is 20.8 Å². The van der Waals surface area contributed by atoms with Gasteiger partial charge in [-0.15, -0.1) is 0 Å². The molecule has 3 aromatic rings. The molecule has 2 aromatic carbocycles. The molecule has 0 aliphatic rings. The Bertz CT molecular complexity index is 1050. The summed E-state index contributed by atoms with van der Waals surface area (Å²) in [5, 5.41) is 0.908. The van der Waals surface area contributed by atoms with Gasteiger partial charge in [-0.1, -0.05) is 29.8 Å². The molecule has 0 spiro atoms. The third kappa shape index (κ3) is 3.18. The maximum absolute atomic E-state index is 13.0. The average molecular weight is 373 g/mol. The highest BCUT2D eigenvalue weighted by atomic mass is 35.5. The van der Waals surface area contributed by atoms with Crippen molar-refractivity contribution in [2.75, 3.05) is 13.7 Å². The van der Waals surface area contributed by atoms with E-state index in [1.54, 1.807) is 44.2 Å². The zero-order valence-corrected chi connectivity index (χ0v) is 15.3. The molecular formula is C20H17ClO5. The van der Waals surface area contributed by atoms with Crippen LogP contribution in [0.4, 0.5) is 0 Å². The van der Waals surface area contributed by atoms with Gasteiger partial charge in [-0.3, -0.25) is 4.79 Å². The Hall–Kier alpha value is -2.79. The second-order valence-electron chi connectivity index (χ2n) is 5.77. The molecule has 6 heteroatoms. The number of aryl methyl sites for hydroxylation is 2. The highest BCUT2D eigenvalue weighted by molar-refractivity contribution is 6.33. The number of rotatable bonds is 4. The molecule has 0 saturated carbocycles. The van der Waals surface area contributed by atoms with Crippen LogP contribution in [0, 0.1) is 13.8 Å². The SMILES string of the molecule is COC(=O)COc1ccc2c(=O)c(-c3ccccc3Cl)c(C)oc2c1C. The van der Waals surface area contributed by atoms with Gasteiger partial charge in [0.1, 0.15) is 17.1 Å². The summed E-state index contributed by atoms with van der Waals surface area (Å²) in [7, 11) is 1.29. The molecule has 0 saturated heterocycles. The standard InChI is InChI=1S/C20H17ClO5/c1-11-16(25-10-17(22)24-3)9-8-14-19(23)18(12(2)26-20(11)14)13-6-4-5-7-15(13)21/h4-9H,10H2,1-3H3. The van der Waals surface area contributed by atoms with E-state index in [0.717, 1.165) is 0 Å². The van der Waals surface area contributed by atoms with Crippen LogP contribution < -0.4 is 10.2 Å². The minimum atomic E-state index is -0.490. The van der Waals surface area contributed by atoms with Gasteiger partial charge in [-0.2, -0.15) is 0 Å². The van der Waals surface area contributed by atoms with Crippen molar-refractivity contribution in [1.82, 2.24) is 0 Å². The number of carbonyl (C=O) groups excluding carboxylic acids is 1. The van der Waals surface area contributed by atoms with Gasteiger partial charge in [0.05, 0.1) is 18.1 Å². The van der Waals surface area contributed by atoms with Crippen LogP contribution in [-0.2, 0) is 9.53 Å². The van der Waals surface area contributed by atoms with Gasteiger partial charge >= 0.3 is 5.97 Å². The molecule has 1 aromatic heterocycles. The smallest absolute Gasteiger partial charge is 0.343 e. The van der Waals surface area contributed by atoms with Crippen LogP contribution in [-0.4, -0.2) is 19.7 Å². The number of hydrogen-bond donors (Lipinski definition) is 0. The molecule has 0 radical (unpaired) electrons. The van der Waals surface area contributed by atoms with Gasteiger partial charge in [-0.05, 0) is 32.0 Å². The Morgan fingerprint density at radius 2 is 1.88 bits per heavy atom. The number of methoxy groups -OCH3 is 1. The molecular weight excluding hydrogens is 356 g/mol. The van der Waals surface area contributed by atoms with Crippen molar-refractivity contribution >= 4 is 28.5 Å². The highest BCUT2D eigenvalue weighted by Gasteiger charge is 2.18. The summed E-state index contributed by atoms with van der Waals surface area (Å²) in [6, 6.07) is 10.4. The molecule has 134 valence electrons. The normalized spacial score (nSPS) is 10.8. The fourth-order valence-electron chi connectivity index (χ4n) is 2.81. The quantitative estimate of drug-likeness (QED) is 0.639. The molecule has 0 bridgehead atoms. The Morgan fingerprint density at radius 3 is 2.58 bits per heavy atom. The van der Waals surface area contributed by atoms with Gasteiger partial charge in [0, 0.05) is 16.1 Å². The Balaban J connectivity index is 2.16. The molecule has 0 fully saturated rings. The van der Waals surface area contributed by atoms with E-state index in [-0.39, 0.29) is 12.0 Å². The first-order chi connectivity index (χ1) is 12.4. The van der Waals surface area contributed by atoms with Crippen LogP contribution in [0.25, 0.3) is 22.1 Å². The fourth-order valence-corrected chi connectivity index (χ4v) is 3.04. The van der Waals surface area contributed by atoms with Crippen LogP contribution in [0.5, 0.6) is 5.75 Å². The van der Waals surface area contributed by atoms with Gasteiger partial charge in [0.25, 0.3) is 0 Å². The third-order valence-electron chi connectivity index (χ3n) is 4.15. The lowest BCUT2D eigenvalue weighted by Gasteiger charge is -2.12. The van der Waals surface area contributed by atoms with E-state index in [1.165, 1.54) is 7.11 Å². The lowest BCUT2D eigenvalue weighted by molar-refractivity contribution is -0.142. The summed E-state index contributed by atoms with van der Waals surface area (Å²) in [5.41, 5.74) is 1.96.